The summed E-state index contributed by atoms with van der Waals surface area (Å²) in [6.45, 7) is -2.92. The third-order valence-corrected chi connectivity index (χ3v) is 3.20. The summed E-state index contributed by atoms with van der Waals surface area (Å²) >= 11 is 0. The first-order chi connectivity index (χ1) is 12.0. The van der Waals surface area contributed by atoms with Crippen molar-refractivity contribution < 1.29 is 17.9 Å². The number of nitrogens with zero attached hydrogens (tertiary/aromatic N) is 4. The van der Waals surface area contributed by atoms with Crippen LogP contribution in [-0.2, 0) is 6.54 Å². The van der Waals surface area contributed by atoms with E-state index in [1.165, 1.54) is 42.7 Å². The van der Waals surface area contributed by atoms with Crippen molar-refractivity contribution in [2.75, 3.05) is 0 Å². The van der Waals surface area contributed by atoms with Gasteiger partial charge in [0.2, 0.25) is 5.88 Å². The molecule has 0 N–H and O–H groups in total. The molecule has 0 radical (unpaired) electrons. The number of hydrogen-bond acceptors (Lipinski definition) is 5. The molecule has 0 atom stereocenters. The van der Waals surface area contributed by atoms with Crippen LogP contribution in [0.1, 0.15) is 5.56 Å². The van der Waals surface area contributed by atoms with Crippen molar-refractivity contribution >= 4 is 0 Å². The largest absolute Gasteiger partial charge is 0.417 e. The minimum absolute atomic E-state index is 0.0391. The zero-order valence-corrected chi connectivity index (χ0v) is 12.6. The summed E-state index contributed by atoms with van der Waals surface area (Å²) in [7, 11) is 0. The van der Waals surface area contributed by atoms with Crippen LogP contribution >= 0.6 is 0 Å². The molecule has 0 saturated heterocycles. The fourth-order valence-corrected chi connectivity index (χ4v) is 2.12. The van der Waals surface area contributed by atoms with Gasteiger partial charge in [-0.2, -0.15) is 13.9 Å². The summed E-state index contributed by atoms with van der Waals surface area (Å²) in [5.41, 5.74) is 1.01. The van der Waals surface area contributed by atoms with Gasteiger partial charge in [0.05, 0.1) is 18.4 Å². The number of pyridine rings is 2. The van der Waals surface area contributed by atoms with Crippen molar-refractivity contribution in [3.05, 3.63) is 70.7 Å². The first-order valence-corrected chi connectivity index (χ1v) is 7.10. The molecule has 6 nitrogen and oxygen atoms in total. The number of rotatable bonds is 5. The topological polar surface area (TPSA) is 69.9 Å². The third kappa shape index (κ3) is 4.19. The summed E-state index contributed by atoms with van der Waals surface area (Å²) in [4.78, 5) is 19.4. The molecule has 0 aliphatic rings. The van der Waals surface area contributed by atoms with Crippen LogP contribution in [0.2, 0.25) is 0 Å². The second-order valence-corrected chi connectivity index (χ2v) is 4.99. The second-order valence-electron chi connectivity index (χ2n) is 4.99. The molecule has 0 unspecified atom stereocenters. The molecule has 0 aromatic carbocycles. The summed E-state index contributed by atoms with van der Waals surface area (Å²) in [6.07, 6.45) is 3.80. The maximum atomic E-state index is 13.2. The molecule has 0 aliphatic carbocycles. The Bertz CT molecular complexity index is 929. The van der Waals surface area contributed by atoms with Crippen LogP contribution in [0.15, 0.2) is 53.7 Å². The van der Waals surface area contributed by atoms with Gasteiger partial charge in [-0.3, -0.25) is 9.78 Å². The van der Waals surface area contributed by atoms with E-state index in [2.05, 4.69) is 19.8 Å². The fraction of sp³-hybridized carbons (Fsp3) is 0.125. The quantitative estimate of drug-likeness (QED) is 0.709. The summed E-state index contributed by atoms with van der Waals surface area (Å²) < 4.78 is 42.8. The third-order valence-electron chi connectivity index (χ3n) is 3.20. The zero-order chi connectivity index (χ0) is 17.8. The van der Waals surface area contributed by atoms with Gasteiger partial charge in [-0.05, 0) is 23.8 Å². The monoisotopic (exact) mass is 348 g/mol. The van der Waals surface area contributed by atoms with Crippen LogP contribution in [0.25, 0.3) is 11.3 Å². The van der Waals surface area contributed by atoms with Gasteiger partial charge >= 0.3 is 6.61 Å². The van der Waals surface area contributed by atoms with E-state index in [1.807, 2.05) is 0 Å². The van der Waals surface area contributed by atoms with Gasteiger partial charge in [-0.25, -0.2) is 14.1 Å². The molecule has 0 amide bonds. The van der Waals surface area contributed by atoms with E-state index in [0.29, 0.717) is 16.8 Å². The van der Waals surface area contributed by atoms with Crippen LogP contribution in [0.4, 0.5) is 13.2 Å². The van der Waals surface area contributed by atoms with Crippen molar-refractivity contribution in [3.63, 3.8) is 0 Å². The van der Waals surface area contributed by atoms with Crippen LogP contribution in [0, 0.1) is 5.82 Å². The van der Waals surface area contributed by atoms with Gasteiger partial charge in [0.15, 0.2) is 0 Å². The molecule has 0 aliphatic heterocycles. The molecule has 0 fully saturated rings. The highest BCUT2D eigenvalue weighted by molar-refractivity contribution is 5.57. The lowest BCUT2D eigenvalue weighted by atomic mass is 10.2. The van der Waals surface area contributed by atoms with Gasteiger partial charge in [0.1, 0.15) is 5.82 Å². The lowest BCUT2D eigenvalue weighted by molar-refractivity contribution is -0.0528. The maximum Gasteiger partial charge on any atom is 0.388 e. The number of alkyl halides is 2. The van der Waals surface area contributed by atoms with Gasteiger partial charge in [-0.15, -0.1) is 0 Å². The van der Waals surface area contributed by atoms with E-state index < -0.39 is 12.4 Å². The summed E-state index contributed by atoms with van der Waals surface area (Å²) in [5.74, 6) is -0.738. The first-order valence-electron chi connectivity index (χ1n) is 7.10. The Labute approximate surface area is 139 Å². The average Bonchev–Trinajstić information content (AvgIpc) is 2.57. The van der Waals surface area contributed by atoms with E-state index >= 15 is 0 Å². The van der Waals surface area contributed by atoms with E-state index in [9.17, 15) is 18.0 Å². The van der Waals surface area contributed by atoms with Gasteiger partial charge in [0.25, 0.3) is 5.56 Å². The fourth-order valence-electron chi connectivity index (χ4n) is 2.12. The van der Waals surface area contributed by atoms with Crippen molar-refractivity contribution in [3.8, 4) is 17.1 Å². The van der Waals surface area contributed by atoms with Gasteiger partial charge < -0.3 is 4.74 Å². The minimum Gasteiger partial charge on any atom is -0.417 e. The zero-order valence-electron chi connectivity index (χ0n) is 12.6. The van der Waals surface area contributed by atoms with Crippen molar-refractivity contribution in [2.24, 2.45) is 0 Å². The van der Waals surface area contributed by atoms with Gasteiger partial charge in [-0.1, -0.05) is 0 Å². The van der Waals surface area contributed by atoms with Crippen molar-refractivity contribution in [1.82, 2.24) is 19.7 Å². The molecule has 9 heteroatoms. The Balaban J connectivity index is 1.87. The van der Waals surface area contributed by atoms with Crippen LogP contribution in [-0.4, -0.2) is 26.4 Å². The molecule has 128 valence electrons. The number of halogens is 3. The molecule has 3 rings (SSSR count). The summed E-state index contributed by atoms with van der Waals surface area (Å²) in [6, 6.07) is 6.80. The smallest absolute Gasteiger partial charge is 0.388 e. The van der Waals surface area contributed by atoms with E-state index in [1.54, 1.807) is 0 Å². The Morgan fingerprint density at radius 1 is 1.12 bits per heavy atom. The molecule has 25 heavy (non-hydrogen) atoms. The predicted octanol–water partition coefficient (Wildman–Crippen LogP) is 2.49. The first kappa shape index (κ1) is 16.6. The maximum absolute atomic E-state index is 13.2. The second kappa shape index (κ2) is 7.12. The normalized spacial score (nSPS) is 10.9. The molecular weight excluding hydrogens is 337 g/mol. The Hall–Kier alpha value is -3.23. The van der Waals surface area contributed by atoms with Crippen LogP contribution in [0.5, 0.6) is 5.88 Å². The van der Waals surface area contributed by atoms with Gasteiger partial charge in [0, 0.05) is 30.1 Å². The van der Waals surface area contributed by atoms with E-state index in [0.717, 1.165) is 10.9 Å². The Morgan fingerprint density at radius 3 is 2.64 bits per heavy atom. The molecule has 0 spiro atoms. The highest BCUT2D eigenvalue weighted by Gasteiger charge is 2.08. The van der Waals surface area contributed by atoms with Crippen LogP contribution < -0.4 is 10.3 Å². The average molecular weight is 348 g/mol. The molecular formula is C16H11F3N4O2. The lowest BCUT2D eigenvalue weighted by Crippen LogP contribution is -2.23. The lowest BCUT2D eigenvalue weighted by Gasteiger charge is -2.08. The SMILES string of the molecule is O=c1ccc(-c2ccc(OC(F)F)nc2)nn1Cc1cncc(F)c1. The molecule has 0 bridgehead atoms. The van der Waals surface area contributed by atoms with Crippen molar-refractivity contribution in [1.29, 1.82) is 0 Å². The number of hydrogen-bond donors (Lipinski definition) is 0. The highest BCUT2D eigenvalue weighted by atomic mass is 19.3. The predicted molar refractivity (Wildman–Crippen MR) is 81.7 cm³/mol. The molecule has 3 heterocycles. The van der Waals surface area contributed by atoms with E-state index in [4.69, 9.17) is 0 Å². The molecule has 3 aromatic heterocycles. The minimum atomic E-state index is -2.96. The molecule has 3 aromatic rings. The van der Waals surface area contributed by atoms with Crippen LogP contribution in [0.3, 0.4) is 0 Å². The highest BCUT2D eigenvalue weighted by Crippen LogP contribution is 2.18. The number of ether oxygens (including phenoxy) is 1. The van der Waals surface area contributed by atoms with E-state index in [-0.39, 0.29) is 18.0 Å². The Kier molecular flexibility index (Phi) is 4.73. The Morgan fingerprint density at radius 2 is 1.96 bits per heavy atom. The summed E-state index contributed by atoms with van der Waals surface area (Å²) in [5, 5.41) is 4.18. The number of aromatic nitrogens is 4. The van der Waals surface area contributed by atoms with Crippen molar-refractivity contribution in [2.45, 2.75) is 13.2 Å². The standard InChI is InChI=1S/C16H11F3N4O2/c17-12-5-10(6-20-8-12)9-23-15(24)4-2-13(22-23)11-1-3-14(21-7-11)25-16(18)19/h1-8,16H,9H2. The molecule has 0 saturated carbocycles.